The van der Waals surface area contributed by atoms with Gasteiger partial charge in [-0.1, -0.05) is 39.5 Å². The van der Waals surface area contributed by atoms with E-state index in [9.17, 15) is 19.7 Å². The molecular weight excluding hydrogens is 426 g/mol. The molecule has 0 bridgehead atoms. The molecule has 0 saturated carbocycles. The summed E-state index contributed by atoms with van der Waals surface area (Å²) in [5, 5.41) is 11.3. The number of thioether (sulfide) groups is 1. The minimum atomic E-state index is -0.503. The van der Waals surface area contributed by atoms with Gasteiger partial charge < -0.3 is 9.53 Å². The molecule has 2 aromatic rings. The van der Waals surface area contributed by atoms with Gasteiger partial charge in [-0.25, -0.2) is 0 Å². The lowest BCUT2D eigenvalue weighted by atomic mass is 9.81. The molecular formula is C25H31NO5S. The fourth-order valence-corrected chi connectivity index (χ4v) is 4.80. The van der Waals surface area contributed by atoms with Crippen LogP contribution in [0.4, 0.5) is 5.69 Å². The Balaban J connectivity index is 2.38. The number of nitro benzene ring substituents is 1. The number of non-ortho nitro benzene ring substituents is 1. The minimum Gasteiger partial charge on any atom is -0.497 e. The summed E-state index contributed by atoms with van der Waals surface area (Å²) in [5.41, 5.74) is 0.107. The van der Waals surface area contributed by atoms with Crippen molar-refractivity contribution in [3.8, 4) is 5.75 Å². The number of hydrogen-bond acceptors (Lipinski definition) is 6. The third kappa shape index (κ3) is 6.66. The molecule has 6 nitrogen and oxygen atoms in total. The predicted octanol–water partition coefficient (Wildman–Crippen LogP) is 6.49. The number of carbonyl (C=O) groups is 2. The lowest BCUT2D eigenvalue weighted by molar-refractivity contribution is -0.384. The molecule has 0 saturated heterocycles. The topological polar surface area (TPSA) is 86.5 Å². The van der Waals surface area contributed by atoms with Crippen LogP contribution in [0.2, 0.25) is 0 Å². The molecule has 0 radical (unpaired) electrons. The number of carbonyl (C=O) groups excluding carboxylic acids is 2. The second-order valence-electron chi connectivity index (χ2n) is 7.97. The Labute approximate surface area is 193 Å². The molecule has 0 unspecified atom stereocenters. The van der Waals surface area contributed by atoms with Crippen LogP contribution in [0.5, 0.6) is 5.75 Å². The van der Waals surface area contributed by atoms with Gasteiger partial charge in [-0.05, 0) is 43.2 Å². The molecule has 0 heterocycles. The van der Waals surface area contributed by atoms with Gasteiger partial charge in [-0.15, -0.1) is 11.8 Å². The Kier molecular flexibility index (Phi) is 9.91. The summed E-state index contributed by atoms with van der Waals surface area (Å²) in [5.74, 6) is 0.868. The second kappa shape index (κ2) is 12.4. The highest BCUT2D eigenvalue weighted by atomic mass is 32.2. The van der Waals surface area contributed by atoms with Crippen molar-refractivity contribution < 1.29 is 19.2 Å². The number of rotatable bonds is 14. The molecule has 2 rings (SSSR count). The number of unbranched alkanes of at least 4 members (excludes halogenated alkanes) is 2. The van der Waals surface area contributed by atoms with Gasteiger partial charge in [-0.2, -0.15) is 0 Å². The van der Waals surface area contributed by atoms with E-state index in [2.05, 4.69) is 13.8 Å². The molecule has 2 aromatic carbocycles. The molecule has 172 valence electrons. The fraction of sp³-hybridized carbons (Fsp3) is 0.440. The highest BCUT2D eigenvalue weighted by Gasteiger charge is 2.30. The van der Waals surface area contributed by atoms with Crippen molar-refractivity contribution in [1.29, 1.82) is 0 Å². The fourth-order valence-electron chi connectivity index (χ4n) is 3.53. The van der Waals surface area contributed by atoms with Gasteiger partial charge >= 0.3 is 0 Å². The van der Waals surface area contributed by atoms with E-state index in [-0.39, 0.29) is 17.0 Å². The average molecular weight is 458 g/mol. The summed E-state index contributed by atoms with van der Waals surface area (Å²) in [6, 6.07) is 11.0. The summed E-state index contributed by atoms with van der Waals surface area (Å²) in [4.78, 5) is 36.8. The standard InChI is InChI=1S/C25H31NO5S/c1-4-6-14-25(17-27,15-7-5-2)18-32-23-13-10-20(26(29)30)16-22(23)24(28)19-8-11-21(31-3)12-9-19/h8-13,16-17H,4-7,14-15,18H2,1-3H3. The molecule has 0 aliphatic heterocycles. The lowest BCUT2D eigenvalue weighted by Gasteiger charge is -2.28. The van der Waals surface area contributed by atoms with Gasteiger partial charge in [0, 0.05) is 39.3 Å². The van der Waals surface area contributed by atoms with Crippen LogP contribution < -0.4 is 4.74 Å². The van der Waals surface area contributed by atoms with Gasteiger partial charge in [0.1, 0.15) is 12.0 Å². The molecule has 0 N–H and O–H groups in total. The molecule has 32 heavy (non-hydrogen) atoms. The Morgan fingerprint density at radius 3 is 2.22 bits per heavy atom. The molecule has 7 heteroatoms. The molecule has 0 amide bonds. The molecule has 0 fully saturated rings. The number of methoxy groups -OCH3 is 1. The maximum Gasteiger partial charge on any atom is 0.270 e. The zero-order valence-electron chi connectivity index (χ0n) is 19.0. The lowest BCUT2D eigenvalue weighted by Crippen LogP contribution is -2.26. The second-order valence-corrected chi connectivity index (χ2v) is 8.99. The van der Waals surface area contributed by atoms with Crippen LogP contribution in [0.15, 0.2) is 47.4 Å². The summed E-state index contributed by atoms with van der Waals surface area (Å²) in [6.07, 6.45) is 6.60. The normalized spacial score (nSPS) is 11.2. The SMILES string of the molecule is CCCCC(C=O)(CCCC)CSc1ccc([N+](=O)[O-])cc1C(=O)c1ccc(OC)cc1. The van der Waals surface area contributed by atoms with Gasteiger partial charge in [0.25, 0.3) is 5.69 Å². The first-order chi connectivity index (χ1) is 15.4. The minimum absolute atomic E-state index is 0.134. The van der Waals surface area contributed by atoms with Crippen molar-refractivity contribution in [2.24, 2.45) is 5.41 Å². The van der Waals surface area contributed by atoms with E-state index in [1.165, 1.54) is 23.9 Å². The summed E-state index contributed by atoms with van der Waals surface area (Å²) < 4.78 is 5.14. The van der Waals surface area contributed by atoms with Crippen molar-refractivity contribution in [2.45, 2.75) is 57.3 Å². The van der Waals surface area contributed by atoms with Crippen LogP contribution in [0.1, 0.15) is 68.3 Å². The molecule has 0 atom stereocenters. The van der Waals surface area contributed by atoms with Crippen molar-refractivity contribution in [3.63, 3.8) is 0 Å². The van der Waals surface area contributed by atoms with E-state index in [4.69, 9.17) is 4.74 Å². The van der Waals surface area contributed by atoms with Crippen LogP contribution in [0.25, 0.3) is 0 Å². The van der Waals surface area contributed by atoms with Crippen molar-refractivity contribution in [2.75, 3.05) is 12.9 Å². The number of nitro groups is 1. The van der Waals surface area contributed by atoms with Gasteiger partial charge in [-0.3, -0.25) is 14.9 Å². The van der Waals surface area contributed by atoms with E-state index in [0.717, 1.165) is 44.8 Å². The van der Waals surface area contributed by atoms with Crippen molar-refractivity contribution in [1.82, 2.24) is 0 Å². The summed E-state index contributed by atoms with van der Waals surface area (Å²) >= 11 is 1.43. The maximum absolute atomic E-state index is 13.2. The van der Waals surface area contributed by atoms with Gasteiger partial charge in [0.2, 0.25) is 0 Å². The number of ether oxygens (including phenoxy) is 1. The quantitative estimate of drug-likeness (QED) is 0.106. The Morgan fingerprint density at radius 2 is 1.72 bits per heavy atom. The zero-order valence-corrected chi connectivity index (χ0v) is 19.8. The third-order valence-electron chi connectivity index (χ3n) is 5.59. The predicted molar refractivity (Wildman–Crippen MR) is 128 cm³/mol. The van der Waals surface area contributed by atoms with Gasteiger partial charge in [0.15, 0.2) is 5.78 Å². The van der Waals surface area contributed by atoms with Crippen LogP contribution in [0.3, 0.4) is 0 Å². The number of ketones is 1. The van der Waals surface area contributed by atoms with Crippen LogP contribution in [-0.2, 0) is 4.79 Å². The monoisotopic (exact) mass is 457 g/mol. The van der Waals surface area contributed by atoms with Crippen LogP contribution in [0, 0.1) is 15.5 Å². The van der Waals surface area contributed by atoms with Crippen LogP contribution in [-0.4, -0.2) is 29.9 Å². The van der Waals surface area contributed by atoms with Crippen LogP contribution >= 0.6 is 11.8 Å². The molecule has 0 aliphatic carbocycles. The maximum atomic E-state index is 13.2. The zero-order chi connectivity index (χ0) is 23.6. The van der Waals surface area contributed by atoms with E-state index in [1.807, 2.05) is 0 Å². The number of benzene rings is 2. The van der Waals surface area contributed by atoms with Crippen molar-refractivity contribution in [3.05, 3.63) is 63.7 Å². The largest absolute Gasteiger partial charge is 0.497 e. The summed E-state index contributed by atoms with van der Waals surface area (Å²) in [7, 11) is 1.54. The highest BCUT2D eigenvalue weighted by molar-refractivity contribution is 7.99. The smallest absolute Gasteiger partial charge is 0.270 e. The number of aldehydes is 1. The Hall–Kier alpha value is -2.67. The first-order valence-corrected chi connectivity index (χ1v) is 11.9. The molecule has 0 aromatic heterocycles. The first kappa shape index (κ1) is 25.6. The Morgan fingerprint density at radius 1 is 1.09 bits per heavy atom. The molecule has 0 aliphatic rings. The van der Waals surface area contributed by atoms with Gasteiger partial charge in [0.05, 0.1) is 12.0 Å². The van der Waals surface area contributed by atoms with E-state index in [0.29, 0.717) is 22.0 Å². The Bertz CT molecular complexity index is 918. The third-order valence-corrected chi connectivity index (χ3v) is 6.98. The first-order valence-electron chi connectivity index (χ1n) is 11.0. The van der Waals surface area contributed by atoms with E-state index in [1.54, 1.807) is 37.4 Å². The average Bonchev–Trinajstić information content (AvgIpc) is 2.83. The van der Waals surface area contributed by atoms with Crippen molar-refractivity contribution >= 4 is 29.5 Å². The number of hydrogen-bond donors (Lipinski definition) is 0. The summed E-state index contributed by atoms with van der Waals surface area (Å²) in [6.45, 7) is 4.20. The van der Waals surface area contributed by atoms with E-state index < -0.39 is 10.3 Å². The highest BCUT2D eigenvalue weighted by Crippen LogP contribution is 2.38. The molecule has 0 spiro atoms. The number of nitrogens with zero attached hydrogens (tertiary/aromatic N) is 1. The van der Waals surface area contributed by atoms with E-state index >= 15 is 0 Å².